The highest BCUT2D eigenvalue weighted by molar-refractivity contribution is 7.99. The third-order valence-corrected chi connectivity index (χ3v) is 5.00. The zero-order chi connectivity index (χ0) is 10.6. The van der Waals surface area contributed by atoms with Crippen LogP contribution in [0.5, 0.6) is 0 Å². The van der Waals surface area contributed by atoms with E-state index in [0.29, 0.717) is 0 Å². The third kappa shape index (κ3) is 3.82. The monoisotopic (exact) mass is 215 g/mol. The van der Waals surface area contributed by atoms with Crippen molar-refractivity contribution in [2.75, 3.05) is 12.3 Å². The minimum absolute atomic E-state index is 0.787. The predicted molar refractivity (Wildman–Crippen MR) is 66.6 cm³/mol. The van der Waals surface area contributed by atoms with Crippen LogP contribution in [-0.2, 0) is 0 Å². The maximum atomic E-state index is 5.83. The van der Waals surface area contributed by atoms with Crippen LogP contribution in [0.2, 0.25) is 0 Å². The van der Waals surface area contributed by atoms with E-state index in [4.69, 9.17) is 5.73 Å². The first-order valence-electron chi connectivity index (χ1n) is 5.95. The molecule has 2 heteroatoms. The van der Waals surface area contributed by atoms with Crippen LogP contribution in [0, 0.1) is 17.8 Å². The Labute approximate surface area is 93.2 Å². The zero-order valence-electron chi connectivity index (χ0n) is 9.83. The van der Waals surface area contributed by atoms with Crippen LogP contribution >= 0.6 is 11.8 Å². The molecule has 84 valence electrons. The van der Waals surface area contributed by atoms with Gasteiger partial charge in [-0.3, -0.25) is 0 Å². The molecule has 0 saturated heterocycles. The highest BCUT2D eigenvalue weighted by atomic mass is 32.2. The highest BCUT2D eigenvalue weighted by Crippen LogP contribution is 2.36. The summed E-state index contributed by atoms with van der Waals surface area (Å²) < 4.78 is 0. The van der Waals surface area contributed by atoms with Crippen LogP contribution in [0.15, 0.2) is 0 Å². The Hall–Kier alpha value is 0.310. The van der Waals surface area contributed by atoms with Gasteiger partial charge in [-0.25, -0.2) is 0 Å². The quantitative estimate of drug-likeness (QED) is 0.779. The molecular weight excluding hydrogens is 190 g/mol. The number of rotatable bonds is 4. The maximum absolute atomic E-state index is 5.83. The first-order chi connectivity index (χ1) is 6.63. The number of thioether (sulfide) groups is 1. The van der Waals surface area contributed by atoms with Crippen LogP contribution in [0.4, 0.5) is 0 Å². The van der Waals surface area contributed by atoms with Gasteiger partial charge >= 0.3 is 0 Å². The summed E-state index contributed by atoms with van der Waals surface area (Å²) in [6.07, 6.45) is 4.13. The second kappa shape index (κ2) is 6.02. The minimum Gasteiger partial charge on any atom is -0.330 e. The van der Waals surface area contributed by atoms with Crippen molar-refractivity contribution in [1.29, 1.82) is 0 Å². The topological polar surface area (TPSA) is 26.0 Å². The van der Waals surface area contributed by atoms with Gasteiger partial charge in [-0.2, -0.15) is 11.8 Å². The van der Waals surface area contributed by atoms with E-state index in [9.17, 15) is 0 Å². The van der Waals surface area contributed by atoms with E-state index in [1.165, 1.54) is 25.0 Å². The molecule has 0 spiro atoms. The van der Waals surface area contributed by atoms with Crippen molar-refractivity contribution in [2.45, 2.75) is 45.3 Å². The smallest absolute Gasteiger partial charge is 0.00899 e. The van der Waals surface area contributed by atoms with Crippen molar-refractivity contribution in [3.63, 3.8) is 0 Å². The SMILES string of the molecule is CC(C)CSC1CC(C)CCC1CN. The molecule has 14 heavy (non-hydrogen) atoms. The van der Waals surface area contributed by atoms with Gasteiger partial charge in [0.05, 0.1) is 0 Å². The van der Waals surface area contributed by atoms with Gasteiger partial charge in [0.15, 0.2) is 0 Å². The van der Waals surface area contributed by atoms with Crippen molar-refractivity contribution < 1.29 is 0 Å². The van der Waals surface area contributed by atoms with E-state index in [1.54, 1.807) is 0 Å². The van der Waals surface area contributed by atoms with Crippen molar-refractivity contribution >= 4 is 11.8 Å². The molecule has 0 aliphatic heterocycles. The lowest BCUT2D eigenvalue weighted by Crippen LogP contribution is -2.32. The standard InChI is InChI=1S/C12H25NS/c1-9(2)8-14-12-6-10(3)4-5-11(12)7-13/h9-12H,4-8,13H2,1-3H3. The lowest BCUT2D eigenvalue weighted by Gasteiger charge is -2.34. The third-order valence-electron chi connectivity index (χ3n) is 3.14. The molecule has 3 unspecified atom stereocenters. The van der Waals surface area contributed by atoms with E-state index in [0.717, 1.165) is 29.5 Å². The van der Waals surface area contributed by atoms with E-state index in [2.05, 4.69) is 32.5 Å². The lowest BCUT2D eigenvalue weighted by atomic mass is 9.82. The van der Waals surface area contributed by atoms with Gasteiger partial charge in [-0.1, -0.05) is 27.2 Å². The maximum Gasteiger partial charge on any atom is 0.00899 e. The summed E-state index contributed by atoms with van der Waals surface area (Å²) in [6.45, 7) is 7.88. The summed E-state index contributed by atoms with van der Waals surface area (Å²) in [6, 6.07) is 0. The Bertz CT molecular complexity index is 158. The van der Waals surface area contributed by atoms with Gasteiger partial charge in [-0.05, 0) is 42.9 Å². The average Bonchev–Trinajstić information content (AvgIpc) is 2.15. The van der Waals surface area contributed by atoms with E-state index < -0.39 is 0 Å². The Balaban J connectivity index is 2.36. The van der Waals surface area contributed by atoms with Gasteiger partial charge < -0.3 is 5.73 Å². The summed E-state index contributed by atoms with van der Waals surface area (Å²) in [5.41, 5.74) is 5.83. The summed E-state index contributed by atoms with van der Waals surface area (Å²) in [4.78, 5) is 0. The highest BCUT2D eigenvalue weighted by Gasteiger charge is 2.27. The fraction of sp³-hybridized carbons (Fsp3) is 1.00. The largest absolute Gasteiger partial charge is 0.330 e. The average molecular weight is 215 g/mol. The predicted octanol–water partition coefficient (Wildman–Crippen LogP) is 3.14. The minimum atomic E-state index is 0.787. The number of hydrogen-bond acceptors (Lipinski definition) is 2. The van der Waals surface area contributed by atoms with Crippen molar-refractivity contribution in [3.05, 3.63) is 0 Å². The summed E-state index contributed by atoms with van der Waals surface area (Å²) >= 11 is 2.16. The Kier molecular flexibility index (Phi) is 5.32. The van der Waals surface area contributed by atoms with Crippen molar-refractivity contribution in [2.24, 2.45) is 23.5 Å². The molecule has 0 radical (unpaired) electrons. The molecule has 0 aromatic carbocycles. The Morgan fingerprint density at radius 1 is 1.36 bits per heavy atom. The first-order valence-corrected chi connectivity index (χ1v) is 7.00. The summed E-state index contributed by atoms with van der Waals surface area (Å²) in [5, 5.41) is 0.839. The van der Waals surface area contributed by atoms with Crippen LogP contribution in [-0.4, -0.2) is 17.5 Å². The zero-order valence-corrected chi connectivity index (χ0v) is 10.6. The summed E-state index contributed by atoms with van der Waals surface area (Å²) in [5.74, 6) is 3.82. The van der Waals surface area contributed by atoms with Crippen LogP contribution in [0.25, 0.3) is 0 Å². The Morgan fingerprint density at radius 3 is 2.64 bits per heavy atom. The van der Waals surface area contributed by atoms with Gasteiger partial charge in [0.1, 0.15) is 0 Å². The number of nitrogens with two attached hydrogens (primary N) is 1. The molecule has 2 N–H and O–H groups in total. The Morgan fingerprint density at radius 2 is 2.07 bits per heavy atom. The molecule has 1 aliphatic carbocycles. The van der Waals surface area contributed by atoms with Crippen LogP contribution in [0.3, 0.4) is 0 Å². The van der Waals surface area contributed by atoms with Crippen molar-refractivity contribution in [1.82, 2.24) is 0 Å². The number of hydrogen-bond donors (Lipinski definition) is 1. The second-order valence-electron chi connectivity index (χ2n) is 5.18. The fourth-order valence-electron chi connectivity index (χ4n) is 2.18. The second-order valence-corrected chi connectivity index (χ2v) is 6.45. The molecule has 0 amide bonds. The van der Waals surface area contributed by atoms with E-state index >= 15 is 0 Å². The van der Waals surface area contributed by atoms with E-state index in [-0.39, 0.29) is 0 Å². The summed E-state index contributed by atoms with van der Waals surface area (Å²) in [7, 11) is 0. The first kappa shape index (κ1) is 12.4. The molecule has 1 fully saturated rings. The molecule has 1 aliphatic rings. The van der Waals surface area contributed by atoms with Gasteiger partial charge in [0.2, 0.25) is 0 Å². The van der Waals surface area contributed by atoms with Crippen molar-refractivity contribution in [3.8, 4) is 0 Å². The van der Waals surface area contributed by atoms with Gasteiger partial charge in [0.25, 0.3) is 0 Å². The normalized spacial score (nSPS) is 33.6. The molecule has 0 bridgehead atoms. The molecule has 1 saturated carbocycles. The van der Waals surface area contributed by atoms with Crippen LogP contribution in [0.1, 0.15) is 40.0 Å². The molecular formula is C12H25NS. The lowest BCUT2D eigenvalue weighted by molar-refractivity contribution is 0.306. The van der Waals surface area contributed by atoms with Crippen LogP contribution < -0.4 is 5.73 Å². The molecule has 0 heterocycles. The fourth-order valence-corrected chi connectivity index (χ4v) is 3.80. The molecule has 0 aromatic heterocycles. The molecule has 3 atom stereocenters. The van der Waals surface area contributed by atoms with E-state index in [1.807, 2.05) is 0 Å². The van der Waals surface area contributed by atoms with Gasteiger partial charge in [0, 0.05) is 5.25 Å². The van der Waals surface area contributed by atoms with Gasteiger partial charge in [-0.15, -0.1) is 0 Å². The molecule has 1 rings (SSSR count). The molecule has 0 aromatic rings. The molecule has 1 nitrogen and oxygen atoms in total.